The van der Waals surface area contributed by atoms with Gasteiger partial charge >= 0.3 is 5.97 Å². The number of aliphatic carboxylic acids is 1. The minimum atomic E-state index is -0.810. The lowest BCUT2D eigenvalue weighted by Crippen LogP contribution is -2.26. The van der Waals surface area contributed by atoms with Crippen molar-refractivity contribution in [1.82, 2.24) is 20.6 Å². The minimum absolute atomic E-state index is 0.286. The third-order valence-electron chi connectivity index (χ3n) is 3.80. The van der Waals surface area contributed by atoms with E-state index in [1.54, 1.807) is 0 Å². The number of H-pyrrole nitrogens is 1. The first-order chi connectivity index (χ1) is 10.5. The van der Waals surface area contributed by atoms with Crippen LogP contribution in [0.15, 0.2) is 24.3 Å². The second-order valence-corrected chi connectivity index (χ2v) is 6.14. The number of carbonyl (C=O) groups is 1. The molecular weight excluding hydrogens is 280 g/mol. The van der Waals surface area contributed by atoms with E-state index < -0.39 is 11.9 Å². The topological polar surface area (TPSA) is 91.8 Å². The molecule has 2 atom stereocenters. The van der Waals surface area contributed by atoms with Crippen LogP contribution in [0.2, 0.25) is 0 Å². The molecule has 0 aliphatic carbocycles. The first-order valence-electron chi connectivity index (χ1n) is 7.49. The Morgan fingerprint density at radius 2 is 1.95 bits per heavy atom. The maximum atomic E-state index is 11.7. The molecule has 0 amide bonds. The van der Waals surface area contributed by atoms with E-state index in [1.165, 1.54) is 5.56 Å². The van der Waals surface area contributed by atoms with Gasteiger partial charge in [0.05, 0.1) is 5.92 Å². The number of carboxylic acids is 1. The number of hydrogen-bond acceptors (Lipinski definition) is 4. The fraction of sp³-hybridized carbons (Fsp3) is 0.500. The molecule has 1 heterocycles. The summed E-state index contributed by atoms with van der Waals surface area (Å²) in [4.78, 5) is 11.7. The first-order valence-corrected chi connectivity index (χ1v) is 7.49. The number of nitrogens with zero attached hydrogens (tertiary/aromatic N) is 3. The molecule has 1 aromatic heterocycles. The highest BCUT2D eigenvalue weighted by molar-refractivity contribution is 5.71. The number of carboxylic acid groups (broad SMARTS) is 1. The number of aromatic amines is 1. The third-order valence-corrected chi connectivity index (χ3v) is 3.80. The third kappa shape index (κ3) is 4.13. The van der Waals surface area contributed by atoms with Gasteiger partial charge in [-0.15, -0.1) is 10.2 Å². The summed E-state index contributed by atoms with van der Waals surface area (Å²) in [5.74, 6) is -0.877. The van der Waals surface area contributed by atoms with Crippen LogP contribution in [0.1, 0.15) is 43.1 Å². The van der Waals surface area contributed by atoms with E-state index in [0.29, 0.717) is 18.7 Å². The highest BCUT2D eigenvalue weighted by atomic mass is 16.4. The number of hydrogen-bond donors (Lipinski definition) is 2. The molecule has 0 aliphatic rings. The number of benzene rings is 1. The van der Waals surface area contributed by atoms with Crippen LogP contribution in [-0.4, -0.2) is 31.7 Å². The van der Waals surface area contributed by atoms with Crippen molar-refractivity contribution in [3.05, 3.63) is 41.2 Å². The average molecular weight is 302 g/mol. The zero-order chi connectivity index (χ0) is 16.1. The van der Waals surface area contributed by atoms with Crippen molar-refractivity contribution >= 4 is 5.97 Å². The molecule has 0 saturated heterocycles. The van der Waals surface area contributed by atoms with Crippen molar-refractivity contribution < 1.29 is 9.90 Å². The van der Waals surface area contributed by atoms with Crippen molar-refractivity contribution in [1.29, 1.82) is 0 Å². The van der Waals surface area contributed by atoms with E-state index in [9.17, 15) is 9.90 Å². The van der Waals surface area contributed by atoms with E-state index in [-0.39, 0.29) is 11.8 Å². The predicted octanol–water partition coefficient (Wildman–Crippen LogP) is 2.58. The maximum Gasteiger partial charge on any atom is 0.307 e. The summed E-state index contributed by atoms with van der Waals surface area (Å²) in [5, 5.41) is 23.7. The van der Waals surface area contributed by atoms with Gasteiger partial charge in [0.2, 0.25) is 0 Å². The van der Waals surface area contributed by atoms with Gasteiger partial charge in [0, 0.05) is 5.92 Å². The smallest absolute Gasteiger partial charge is 0.307 e. The summed E-state index contributed by atoms with van der Waals surface area (Å²) >= 11 is 0. The maximum absolute atomic E-state index is 11.7. The second kappa shape index (κ2) is 7.15. The van der Waals surface area contributed by atoms with Crippen molar-refractivity contribution in [3.8, 4) is 0 Å². The Bertz CT molecular complexity index is 593. The van der Waals surface area contributed by atoms with Crippen LogP contribution in [0.4, 0.5) is 0 Å². The van der Waals surface area contributed by atoms with Crippen LogP contribution in [0.25, 0.3) is 0 Å². The van der Waals surface area contributed by atoms with Crippen molar-refractivity contribution in [2.24, 2.45) is 11.8 Å². The molecule has 118 valence electrons. The molecule has 0 saturated carbocycles. The van der Waals surface area contributed by atoms with Crippen molar-refractivity contribution in [2.45, 2.75) is 39.5 Å². The molecule has 1 aromatic carbocycles. The molecule has 2 N–H and O–H groups in total. The Labute approximate surface area is 130 Å². The SMILES string of the molecule is Cc1ccc(C[C@H](c2nn[nH]n2)C(CC(C)C)C(=O)O)cc1. The number of tetrazole rings is 1. The van der Waals surface area contributed by atoms with Crippen LogP contribution < -0.4 is 0 Å². The van der Waals surface area contributed by atoms with Gasteiger partial charge < -0.3 is 5.11 Å². The molecule has 0 radical (unpaired) electrons. The Balaban J connectivity index is 2.29. The van der Waals surface area contributed by atoms with Gasteiger partial charge in [-0.3, -0.25) is 4.79 Å². The fourth-order valence-electron chi connectivity index (χ4n) is 2.66. The number of nitrogens with one attached hydrogen (secondary N) is 1. The number of aryl methyl sites for hydroxylation is 1. The predicted molar refractivity (Wildman–Crippen MR) is 82.4 cm³/mol. The van der Waals surface area contributed by atoms with Gasteiger partial charge in [0.1, 0.15) is 0 Å². The molecule has 0 spiro atoms. The van der Waals surface area contributed by atoms with Gasteiger partial charge in [-0.1, -0.05) is 48.9 Å². The molecule has 6 heteroatoms. The van der Waals surface area contributed by atoms with E-state index in [2.05, 4.69) is 20.6 Å². The van der Waals surface area contributed by atoms with Crippen molar-refractivity contribution in [3.63, 3.8) is 0 Å². The normalized spacial score (nSPS) is 14.0. The van der Waals surface area contributed by atoms with Crippen molar-refractivity contribution in [2.75, 3.05) is 0 Å². The van der Waals surface area contributed by atoms with Gasteiger partial charge in [0.25, 0.3) is 0 Å². The molecule has 2 aromatic rings. The van der Waals surface area contributed by atoms with Gasteiger partial charge in [-0.05, 0) is 31.2 Å². The summed E-state index contributed by atoms with van der Waals surface area (Å²) in [6, 6.07) is 8.11. The van der Waals surface area contributed by atoms with Crippen LogP contribution >= 0.6 is 0 Å². The van der Waals surface area contributed by atoms with E-state index in [4.69, 9.17) is 0 Å². The second-order valence-electron chi connectivity index (χ2n) is 6.14. The van der Waals surface area contributed by atoms with Crippen LogP contribution in [0.5, 0.6) is 0 Å². The number of rotatable bonds is 7. The van der Waals surface area contributed by atoms with E-state index in [1.807, 2.05) is 45.0 Å². The van der Waals surface area contributed by atoms with E-state index >= 15 is 0 Å². The Morgan fingerprint density at radius 1 is 1.27 bits per heavy atom. The van der Waals surface area contributed by atoms with E-state index in [0.717, 1.165) is 5.56 Å². The lowest BCUT2D eigenvalue weighted by atomic mass is 9.81. The summed E-state index contributed by atoms with van der Waals surface area (Å²) < 4.78 is 0. The van der Waals surface area contributed by atoms with Crippen LogP contribution in [0.3, 0.4) is 0 Å². The molecule has 0 fully saturated rings. The summed E-state index contributed by atoms with van der Waals surface area (Å²) in [5.41, 5.74) is 2.26. The molecule has 2 rings (SSSR count). The molecule has 0 bridgehead atoms. The quantitative estimate of drug-likeness (QED) is 0.820. The summed E-state index contributed by atoms with van der Waals surface area (Å²) in [7, 11) is 0. The Hall–Kier alpha value is -2.24. The molecule has 1 unspecified atom stereocenters. The van der Waals surface area contributed by atoms with Crippen LogP contribution in [0, 0.1) is 18.8 Å². The lowest BCUT2D eigenvalue weighted by molar-refractivity contribution is -0.143. The van der Waals surface area contributed by atoms with Crippen LogP contribution in [-0.2, 0) is 11.2 Å². The molecular formula is C16H22N4O2. The Morgan fingerprint density at radius 3 is 2.45 bits per heavy atom. The highest BCUT2D eigenvalue weighted by Crippen LogP contribution is 2.31. The first kappa shape index (κ1) is 16.1. The molecule has 0 aliphatic heterocycles. The average Bonchev–Trinajstić information content (AvgIpc) is 2.98. The monoisotopic (exact) mass is 302 g/mol. The lowest BCUT2D eigenvalue weighted by Gasteiger charge is -2.23. The fourth-order valence-corrected chi connectivity index (χ4v) is 2.66. The molecule has 22 heavy (non-hydrogen) atoms. The van der Waals surface area contributed by atoms with Gasteiger partial charge in [-0.2, -0.15) is 5.21 Å². The van der Waals surface area contributed by atoms with Gasteiger partial charge in [-0.25, -0.2) is 0 Å². The number of aromatic nitrogens is 4. The zero-order valence-corrected chi connectivity index (χ0v) is 13.2. The summed E-state index contributed by atoms with van der Waals surface area (Å²) in [6.45, 7) is 6.07. The largest absolute Gasteiger partial charge is 0.481 e. The standard InChI is InChI=1S/C16H22N4O2/c1-10(2)8-14(16(21)22)13(15-17-19-20-18-15)9-12-6-4-11(3)5-7-12/h4-7,10,13-14H,8-9H2,1-3H3,(H,21,22)(H,17,18,19,20)/t13-,14?/m0/s1. The zero-order valence-electron chi connectivity index (χ0n) is 13.2. The molecule has 6 nitrogen and oxygen atoms in total. The Kier molecular flexibility index (Phi) is 5.25. The highest BCUT2D eigenvalue weighted by Gasteiger charge is 2.33. The van der Waals surface area contributed by atoms with Gasteiger partial charge in [0.15, 0.2) is 5.82 Å². The summed E-state index contributed by atoms with van der Waals surface area (Å²) in [6.07, 6.45) is 1.17. The minimum Gasteiger partial charge on any atom is -0.481 e.